The lowest BCUT2D eigenvalue weighted by molar-refractivity contribution is 0.102. The van der Waals surface area contributed by atoms with E-state index in [0.717, 1.165) is 5.56 Å². The second-order valence-electron chi connectivity index (χ2n) is 7.85. The lowest BCUT2D eigenvalue weighted by Crippen LogP contribution is -2.32. The van der Waals surface area contributed by atoms with Gasteiger partial charge < -0.3 is 14.8 Å². The monoisotopic (exact) mass is 502 g/mol. The molecule has 1 N–H and O–H groups in total. The van der Waals surface area contributed by atoms with E-state index in [2.05, 4.69) is 5.32 Å². The average molecular weight is 503 g/mol. The zero-order valence-electron chi connectivity index (χ0n) is 19.9. The van der Waals surface area contributed by atoms with E-state index in [1.165, 1.54) is 30.7 Å². The van der Waals surface area contributed by atoms with Gasteiger partial charge in [-0.05, 0) is 42.0 Å². The number of amides is 1. The van der Waals surface area contributed by atoms with Crippen LogP contribution in [0.5, 0.6) is 11.5 Å². The molecule has 0 radical (unpaired) electrons. The summed E-state index contributed by atoms with van der Waals surface area (Å²) in [4.78, 5) is 13.6. The summed E-state index contributed by atoms with van der Waals surface area (Å²) in [5, 5.41) is 2.84. The molecule has 0 aromatic heterocycles. The molecule has 0 aliphatic carbocycles. The highest BCUT2D eigenvalue weighted by Crippen LogP contribution is 2.32. The maximum atomic E-state index is 13.8. The number of sulfonamides is 1. The Bertz CT molecular complexity index is 1440. The third kappa shape index (κ3) is 5.34. The predicted molar refractivity (Wildman–Crippen MR) is 140 cm³/mol. The molecule has 8 heteroatoms. The van der Waals surface area contributed by atoms with Crippen molar-refractivity contribution in [3.63, 3.8) is 0 Å². The fraction of sp³-hybridized carbons (Fsp3) is 0.107. The van der Waals surface area contributed by atoms with Crippen LogP contribution in [0.1, 0.15) is 15.9 Å². The van der Waals surface area contributed by atoms with Gasteiger partial charge in [-0.1, -0.05) is 60.7 Å². The Morgan fingerprint density at radius 2 is 1.44 bits per heavy atom. The molecule has 1 amide bonds. The largest absolute Gasteiger partial charge is 0.497 e. The second kappa shape index (κ2) is 11.0. The van der Waals surface area contributed by atoms with Gasteiger partial charge in [-0.2, -0.15) is 0 Å². The Balaban J connectivity index is 1.77. The van der Waals surface area contributed by atoms with Gasteiger partial charge in [0.25, 0.3) is 15.9 Å². The quantitative estimate of drug-likeness (QED) is 0.333. The number of para-hydroxylation sites is 1. The summed E-state index contributed by atoms with van der Waals surface area (Å²) >= 11 is 0. The Kier molecular flexibility index (Phi) is 7.56. The molecule has 0 saturated heterocycles. The van der Waals surface area contributed by atoms with Crippen LogP contribution in [0.2, 0.25) is 0 Å². The lowest BCUT2D eigenvalue weighted by Gasteiger charge is -2.26. The van der Waals surface area contributed by atoms with Gasteiger partial charge in [0.15, 0.2) is 0 Å². The summed E-state index contributed by atoms with van der Waals surface area (Å²) in [6, 6.07) is 29.1. The molecular formula is C28H26N2O5S. The number of hydrogen-bond donors (Lipinski definition) is 1. The summed E-state index contributed by atoms with van der Waals surface area (Å²) in [6.45, 7) is 0.0498. The summed E-state index contributed by atoms with van der Waals surface area (Å²) in [7, 11) is -0.959. The van der Waals surface area contributed by atoms with E-state index in [4.69, 9.17) is 9.47 Å². The smallest absolute Gasteiger partial charge is 0.264 e. The van der Waals surface area contributed by atoms with Crippen molar-refractivity contribution in [1.82, 2.24) is 0 Å². The van der Waals surface area contributed by atoms with E-state index in [0.29, 0.717) is 17.2 Å². The van der Waals surface area contributed by atoms with Crippen LogP contribution in [0.25, 0.3) is 0 Å². The minimum Gasteiger partial charge on any atom is -0.497 e. The molecule has 7 nitrogen and oxygen atoms in total. The molecule has 4 aromatic rings. The van der Waals surface area contributed by atoms with Crippen LogP contribution in [-0.2, 0) is 16.6 Å². The van der Waals surface area contributed by atoms with Gasteiger partial charge in [0.05, 0.1) is 42.6 Å². The number of nitrogens with zero attached hydrogens (tertiary/aromatic N) is 1. The summed E-state index contributed by atoms with van der Waals surface area (Å²) in [5.74, 6) is 0.516. The molecule has 36 heavy (non-hydrogen) atoms. The third-order valence-corrected chi connectivity index (χ3v) is 7.35. The number of carbonyl (C=O) groups is 1. The van der Waals surface area contributed by atoms with Crippen LogP contribution in [0.15, 0.2) is 108 Å². The molecular weight excluding hydrogens is 476 g/mol. The van der Waals surface area contributed by atoms with E-state index in [-0.39, 0.29) is 22.7 Å². The van der Waals surface area contributed by atoms with Gasteiger partial charge in [0.1, 0.15) is 11.5 Å². The summed E-state index contributed by atoms with van der Waals surface area (Å²) in [5.41, 5.74) is 1.67. The van der Waals surface area contributed by atoms with Gasteiger partial charge in [0.2, 0.25) is 0 Å². The zero-order valence-corrected chi connectivity index (χ0v) is 20.7. The molecule has 0 aliphatic heterocycles. The van der Waals surface area contributed by atoms with Crippen molar-refractivity contribution in [2.45, 2.75) is 11.4 Å². The number of benzene rings is 4. The zero-order chi connectivity index (χ0) is 25.5. The van der Waals surface area contributed by atoms with Crippen LogP contribution in [0.4, 0.5) is 11.4 Å². The number of ether oxygens (including phenoxy) is 2. The van der Waals surface area contributed by atoms with Gasteiger partial charge in [-0.15, -0.1) is 0 Å². The van der Waals surface area contributed by atoms with Crippen molar-refractivity contribution in [3.05, 3.63) is 114 Å². The highest BCUT2D eigenvalue weighted by Gasteiger charge is 2.28. The molecule has 0 heterocycles. The Morgan fingerprint density at radius 1 is 0.806 bits per heavy atom. The highest BCUT2D eigenvalue weighted by atomic mass is 32.2. The van der Waals surface area contributed by atoms with Crippen LogP contribution < -0.4 is 19.1 Å². The van der Waals surface area contributed by atoms with Crippen LogP contribution >= 0.6 is 0 Å². The minimum absolute atomic E-state index is 0.0498. The first-order chi connectivity index (χ1) is 17.4. The number of hydrogen-bond acceptors (Lipinski definition) is 5. The normalized spacial score (nSPS) is 10.9. The molecule has 0 aliphatic rings. The van der Waals surface area contributed by atoms with Gasteiger partial charge in [0, 0.05) is 6.07 Å². The Morgan fingerprint density at radius 3 is 2.11 bits per heavy atom. The van der Waals surface area contributed by atoms with Crippen molar-refractivity contribution < 1.29 is 22.7 Å². The van der Waals surface area contributed by atoms with Crippen molar-refractivity contribution in [1.29, 1.82) is 0 Å². The lowest BCUT2D eigenvalue weighted by atomic mass is 10.1. The molecule has 0 atom stereocenters. The predicted octanol–water partition coefficient (Wildman–Crippen LogP) is 5.35. The second-order valence-corrected chi connectivity index (χ2v) is 9.71. The highest BCUT2D eigenvalue weighted by molar-refractivity contribution is 7.92. The maximum Gasteiger partial charge on any atom is 0.264 e. The molecule has 0 unspecified atom stereocenters. The van der Waals surface area contributed by atoms with Crippen molar-refractivity contribution in [2.24, 2.45) is 0 Å². The van der Waals surface area contributed by atoms with Crippen molar-refractivity contribution in [2.75, 3.05) is 23.8 Å². The first-order valence-corrected chi connectivity index (χ1v) is 12.6. The average Bonchev–Trinajstić information content (AvgIpc) is 2.93. The molecule has 0 bridgehead atoms. The van der Waals surface area contributed by atoms with Crippen LogP contribution in [0.3, 0.4) is 0 Å². The number of anilines is 2. The summed E-state index contributed by atoms with van der Waals surface area (Å²) in [6.07, 6.45) is 0. The van der Waals surface area contributed by atoms with Crippen LogP contribution in [-0.4, -0.2) is 28.5 Å². The molecule has 0 spiro atoms. The van der Waals surface area contributed by atoms with E-state index < -0.39 is 15.9 Å². The Hall–Kier alpha value is -4.30. The maximum absolute atomic E-state index is 13.8. The Labute approximate surface area is 211 Å². The molecule has 184 valence electrons. The van der Waals surface area contributed by atoms with E-state index in [1.54, 1.807) is 60.7 Å². The topological polar surface area (TPSA) is 84.9 Å². The van der Waals surface area contributed by atoms with Gasteiger partial charge in [-0.3, -0.25) is 9.10 Å². The number of carbonyl (C=O) groups excluding carboxylic acids is 1. The van der Waals surface area contributed by atoms with E-state index >= 15 is 0 Å². The van der Waals surface area contributed by atoms with Crippen molar-refractivity contribution >= 4 is 27.3 Å². The minimum atomic E-state index is -3.99. The SMILES string of the molecule is COc1ccc(NC(=O)c2ccccc2N(Cc2ccccc2)S(=O)(=O)c2ccccc2)c(OC)c1. The third-order valence-electron chi connectivity index (χ3n) is 5.57. The number of methoxy groups -OCH3 is 2. The van der Waals surface area contributed by atoms with Crippen LogP contribution in [0, 0.1) is 0 Å². The molecule has 0 saturated carbocycles. The standard InChI is InChI=1S/C28H26N2O5S/c1-34-22-17-18-25(27(19-22)35-2)29-28(31)24-15-9-10-16-26(24)30(20-21-11-5-3-6-12-21)36(32,33)23-13-7-4-8-14-23/h3-19H,20H2,1-2H3,(H,29,31). The first-order valence-electron chi connectivity index (χ1n) is 11.2. The number of rotatable bonds is 9. The molecule has 4 aromatic carbocycles. The van der Waals surface area contributed by atoms with E-state index in [9.17, 15) is 13.2 Å². The fourth-order valence-corrected chi connectivity index (χ4v) is 5.24. The fourth-order valence-electron chi connectivity index (χ4n) is 3.74. The van der Waals surface area contributed by atoms with E-state index in [1.807, 2.05) is 30.3 Å². The summed E-state index contributed by atoms with van der Waals surface area (Å²) < 4.78 is 39.5. The van der Waals surface area contributed by atoms with Gasteiger partial charge >= 0.3 is 0 Å². The molecule has 4 rings (SSSR count). The van der Waals surface area contributed by atoms with Crippen molar-refractivity contribution in [3.8, 4) is 11.5 Å². The van der Waals surface area contributed by atoms with Gasteiger partial charge in [-0.25, -0.2) is 8.42 Å². The molecule has 0 fully saturated rings. The number of nitrogens with one attached hydrogen (secondary N) is 1. The first kappa shape index (κ1) is 24.8.